The normalized spacial score (nSPS) is 12.1. The zero-order valence-electron chi connectivity index (χ0n) is 11.2. The predicted molar refractivity (Wildman–Crippen MR) is 73.1 cm³/mol. The van der Waals surface area contributed by atoms with Crippen molar-refractivity contribution in [3.63, 3.8) is 0 Å². The Balaban J connectivity index is 3.38. The number of carboxylic acid groups (broad SMARTS) is 1. The van der Waals surface area contributed by atoms with Crippen LogP contribution in [0.2, 0.25) is 5.02 Å². The Morgan fingerprint density at radius 3 is 2.42 bits per heavy atom. The second-order valence-corrected chi connectivity index (χ2v) is 4.44. The molecule has 3 N–H and O–H groups in total. The summed E-state index contributed by atoms with van der Waals surface area (Å²) in [5.74, 6) is -0.0729. The number of ether oxygens (including phenoxy) is 2. The lowest BCUT2D eigenvalue weighted by Gasteiger charge is -2.19. The van der Waals surface area contributed by atoms with E-state index < -0.39 is 12.0 Å². The van der Waals surface area contributed by atoms with Crippen molar-refractivity contribution in [2.75, 3.05) is 14.2 Å². The molecule has 1 rings (SSSR count). The van der Waals surface area contributed by atoms with Crippen LogP contribution in [0.3, 0.4) is 0 Å². The van der Waals surface area contributed by atoms with Crippen LogP contribution in [0.15, 0.2) is 6.07 Å². The average Bonchev–Trinajstić information content (AvgIpc) is 2.36. The van der Waals surface area contributed by atoms with E-state index >= 15 is 0 Å². The second-order valence-electron chi connectivity index (χ2n) is 4.06. The number of benzene rings is 1. The third-order valence-electron chi connectivity index (χ3n) is 2.87. The van der Waals surface area contributed by atoms with Gasteiger partial charge in [-0.05, 0) is 18.1 Å². The molecule has 0 aliphatic carbocycles. The quantitative estimate of drug-likeness (QED) is 0.839. The van der Waals surface area contributed by atoms with Gasteiger partial charge in [-0.2, -0.15) is 0 Å². The minimum Gasteiger partial charge on any atom is -0.495 e. The van der Waals surface area contributed by atoms with Gasteiger partial charge in [0.1, 0.15) is 16.5 Å². The fourth-order valence-electron chi connectivity index (χ4n) is 1.95. The summed E-state index contributed by atoms with van der Waals surface area (Å²) in [4.78, 5) is 10.8. The number of carboxylic acids is 1. The molecule has 1 aromatic carbocycles. The molecular weight excluding hydrogens is 270 g/mol. The fourth-order valence-corrected chi connectivity index (χ4v) is 2.34. The smallest absolute Gasteiger partial charge is 0.305 e. The van der Waals surface area contributed by atoms with E-state index in [0.717, 1.165) is 5.56 Å². The van der Waals surface area contributed by atoms with Crippen LogP contribution in [0.5, 0.6) is 11.5 Å². The van der Waals surface area contributed by atoms with E-state index in [1.807, 2.05) is 6.92 Å². The van der Waals surface area contributed by atoms with Crippen molar-refractivity contribution in [2.24, 2.45) is 5.73 Å². The monoisotopic (exact) mass is 287 g/mol. The minimum atomic E-state index is -0.973. The molecule has 0 aliphatic heterocycles. The van der Waals surface area contributed by atoms with Gasteiger partial charge >= 0.3 is 5.97 Å². The topological polar surface area (TPSA) is 81.8 Å². The highest BCUT2D eigenvalue weighted by Crippen LogP contribution is 2.42. The van der Waals surface area contributed by atoms with Gasteiger partial charge in [0.25, 0.3) is 0 Å². The maximum atomic E-state index is 10.8. The molecule has 0 spiro atoms. The summed E-state index contributed by atoms with van der Waals surface area (Å²) in [6.45, 7) is 1.95. The van der Waals surface area contributed by atoms with Gasteiger partial charge in [0, 0.05) is 11.6 Å². The van der Waals surface area contributed by atoms with Crippen LogP contribution in [0.4, 0.5) is 0 Å². The van der Waals surface area contributed by atoms with Gasteiger partial charge in [-0.25, -0.2) is 0 Å². The Kier molecular flexibility index (Phi) is 5.44. The Bertz CT molecular complexity index is 476. The van der Waals surface area contributed by atoms with Crippen LogP contribution < -0.4 is 15.2 Å². The predicted octanol–water partition coefficient (Wildman–Crippen LogP) is 2.39. The van der Waals surface area contributed by atoms with E-state index in [4.69, 9.17) is 31.9 Å². The highest BCUT2D eigenvalue weighted by atomic mass is 35.5. The number of methoxy groups -OCH3 is 2. The number of aryl methyl sites for hydroxylation is 1. The van der Waals surface area contributed by atoms with Crippen LogP contribution in [-0.2, 0) is 11.2 Å². The number of rotatable bonds is 6. The molecular formula is C13H18ClNO4. The maximum Gasteiger partial charge on any atom is 0.305 e. The molecule has 5 nitrogen and oxygen atoms in total. The Hall–Kier alpha value is -1.46. The van der Waals surface area contributed by atoms with Gasteiger partial charge in [0.2, 0.25) is 0 Å². The van der Waals surface area contributed by atoms with Crippen molar-refractivity contribution in [2.45, 2.75) is 25.8 Å². The average molecular weight is 288 g/mol. The standard InChI is InChI=1S/C13H18ClNO4/c1-4-7-5-8(9(15)6-10(16)17)13(19-3)11(14)12(7)18-2/h5,9H,4,6,15H2,1-3H3,(H,16,17). The first-order valence-corrected chi connectivity index (χ1v) is 6.24. The summed E-state index contributed by atoms with van der Waals surface area (Å²) < 4.78 is 10.5. The highest BCUT2D eigenvalue weighted by Gasteiger charge is 2.22. The molecule has 1 aromatic rings. The summed E-state index contributed by atoms with van der Waals surface area (Å²) in [5, 5.41) is 9.15. The molecule has 0 fully saturated rings. The van der Waals surface area contributed by atoms with Crippen LogP contribution in [0.25, 0.3) is 0 Å². The molecule has 0 aromatic heterocycles. The Morgan fingerprint density at radius 2 is 2.00 bits per heavy atom. The number of hydrogen-bond acceptors (Lipinski definition) is 4. The van der Waals surface area contributed by atoms with Gasteiger partial charge in [-0.3, -0.25) is 4.79 Å². The number of nitrogens with two attached hydrogens (primary N) is 1. The first-order valence-electron chi connectivity index (χ1n) is 5.86. The lowest BCUT2D eigenvalue weighted by atomic mass is 9.99. The molecule has 0 radical (unpaired) electrons. The van der Waals surface area contributed by atoms with Gasteiger partial charge in [0.15, 0.2) is 0 Å². The van der Waals surface area contributed by atoms with Crippen molar-refractivity contribution in [3.8, 4) is 11.5 Å². The van der Waals surface area contributed by atoms with E-state index in [1.54, 1.807) is 6.07 Å². The lowest BCUT2D eigenvalue weighted by Crippen LogP contribution is -2.16. The Labute approximate surface area is 117 Å². The van der Waals surface area contributed by atoms with Crippen molar-refractivity contribution in [1.82, 2.24) is 0 Å². The molecule has 0 saturated carbocycles. The number of aliphatic carboxylic acids is 1. The molecule has 0 bridgehead atoms. The molecule has 0 saturated heterocycles. The molecule has 19 heavy (non-hydrogen) atoms. The van der Waals surface area contributed by atoms with Crippen LogP contribution >= 0.6 is 11.6 Å². The first-order chi connectivity index (χ1) is 8.96. The van der Waals surface area contributed by atoms with E-state index in [0.29, 0.717) is 28.5 Å². The molecule has 6 heteroatoms. The fraction of sp³-hybridized carbons (Fsp3) is 0.462. The van der Waals surface area contributed by atoms with Crippen molar-refractivity contribution in [3.05, 3.63) is 22.2 Å². The van der Waals surface area contributed by atoms with Gasteiger partial charge in [0.05, 0.1) is 20.6 Å². The third-order valence-corrected chi connectivity index (χ3v) is 3.21. The van der Waals surface area contributed by atoms with Crippen molar-refractivity contribution >= 4 is 17.6 Å². The summed E-state index contributed by atoms with van der Waals surface area (Å²) in [6, 6.07) is 1.11. The van der Waals surface area contributed by atoms with Gasteiger partial charge in [-0.15, -0.1) is 0 Å². The molecule has 106 valence electrons. The first kappa shape index (κ1) is 15.6. The molecule has 0 amide bonds. The van der Waals surface area contributed by atoms with Crippen molar-refractivity contribution in [1.29, 1.82) is 0 Å². The summed E-state index contributed by atoms with van der Waals surface area (Å²) in [7, 11) is 2.99. The van der Waals surface area contributed by atoms with Crippen LogP contribution in [-0.4, -0.2) is 25.3 Å². The maximum absolute atomic E-state index is 10.8. The number of carbonyl (C=O) groups is 1. The van der Waals surface area contributed by atoms with Gasteiger partial charge < -0.3 is 20.3 Å². The van der Waals surface area contributed by atoms with E-state index in [1.165, 1.54) is 14.2 Å². The lowest BCUT2D eigenvalue weighted by molar-refractivity contribution is -0.137. The molecule has 0 heterocycles. The molecule has 1 unspecified atom stereocenters. The van der Waals surface area contributed by atoms with E-state index in [9.17, 15) is 4.79 Å². The number of hydrogen-bond donors (Lipinski definition) is 2. The zero-order valence-corrected chi connectivity index (χ0v) is 12.0. The largest absolute Gasteiger partial charge is 0.495 e. The van der Waals surface area contributed by atoms with E-state index in [2.05, 4.69) is 0 Å². The minimum absolute atomic E-state index is 0.192. The van der Waals surface area contributed by atoms with Crippen LogP contribution in [0.1, 0.15) is 30.5 Å². The summed E-state index contributed by atoms with van der Waals surface area (Å²) in [6.07, 6.45) is 0.502. The van der Waals surface area contributed by atoms with Crippen molar-refractivity contribution < 1.29 is 19.4 Å². The summed E-state index contributed by atoms with van der Waals surface area (Å²) >= 11 is 6.23. The molecule has 1 atom stereocenters. The molecule has 0 aliphatic rings. The highest BCUT2D eigenvalue weighted by molar-refractivity contribution is 6.33. The van der Waals surface area contributed by atoms with E-state index in [-0.39, 0.29) is 6.42 Å². The zero-order chi connectivity index (χ0) is 14.6. The third kappa shape index (κ3) is 3.30. The van der Waals surface area contributed by atoms with Gasteiger partial charge in [-0.1, -0.05) is 18.5 Å². The Morgan fingerprint density at radius 1 is 1.42 bits per heavy atom. The number of halogens is 1. The second kappa shape index (κ2) is 6.63. The SMILES string of the molecule is CCc1cc(C(N)CC(=O)O)c(OC)c(Cl)c1OC. The summed E-state index contributed by atoms with van der Waals surface area (Å²) in [5.41, 5.74) is 7.34. The van der Waals surface area contributed by atoms with Crippen LogP contribution in [0, 0.1) is 0 Å².